The Morgan fingerprint density at radius 3 is 1.39 bits per heavy atom. The van der Waals surface area contributed by atoms with Crippen LogP contribution in [0.3, 0.4) is 0 Å². The maximum atomic E-state index is 12.6. The van der Waals surface area contributed by atoms with Gasteiger partial charge in [0, 0.05) is 25.2 Å². The number of nitrogens with one attached hydrogen (secondary N) is 2. The Labute approximate surface area is 209 Å². The Morgan fingerprint density at radius 1 is 0.722 bits per heavy atom. The number of amides is 2. The molecule has 0 fully saturated rings. The van der Waals surface area contributed by atoms with E-state index in [4.69, 9.17) is 19.7 Å². The first-order valence-corrected chi connectivity index (χ1v) is 14.0. The summed E-state index contributed by atoms with van der Waals surface area (Å²) in [5, 5.41) is 23.2. The lowest BCUT2D eigenvalue weighted by atomic mass is 10.3. The van der Waals surface area contributed by atoms with Gasteiger partial charge in [0.05, 0.1) is 24.7 Å². The minimum atomic E-state index is -3.94. The predicted molar refractivity (Wildman–Crippen MR) is 131 cm³/mol. The summed E-state index contributed by atoms with van der Waals surface area (Å²) in [6.07, 6.45) is 0. The average molecular weight is 545 g/mol. The van der Waals surface area contributed by atoms with E-state index >= 15 is 0 Å². The number of hydrogen-bond donors (Lipinski definition) is 4. The summed E-state index contributed by atoms with van der Waals surface area (Å²) in [6.45, 7) is 0.925. The van der Waals surface area contributed by atoms with Crippen LogP contribution in [-0.4, -0.2) is 76.8 Å². The monoisotopic (exact) mass is 544 g/mol. The number of anilines is 2. The van der Waals surface area contributed by atoms with Gasteiger partial charge in [-0.2, -0.15) is 0 Å². The summed E-state index contributed by atoms with van der Waals surface area (Å²) in [5.41, 5.74) is 0.446. The number of sulfone groups is 2. The van der Waals surface area contributed by atoms with Crippen LogP contribution in [0, 0.1) is 0 Å². The fourth-order valence-corrected chi connectivity index (χ4v) is 5.47. The van der Waals surface area contributed by atoms with Crippen molar-refractivity contribution in [2.45, 2.75) is 23.6 Å². The molecule has 0 saturated carbocycles. The zero-order valence-corrected chi connectivity index (χ0v) is 21.3. The summed E-state index contributed by atoms with van der Waals surface area (Å²) < 4.78 is 61.4. The van der Waals surface area contributed by atoms with Crippen LogP contribution < -0.4 is 20.1 Å². The van der Waals surface area contributed by atoms with Gasteiger partial charge >= 0.3 is 0 Å². The Kier molecular flexibility index (Phi) is 10.2. The van der Waals surface area contributed by atoms with Crippen molar-refractivity contribution in [1.82, 2.24) is 0 Å². The fraction of sp³-hybridized carbons (Fsp3) is 0.364. The number of hydrogen-bond acceptors (Lipinski definition) is 10. The van der Waals surface area contributed by atoms with Crippen LogP contribution in [0.15, 0.2) is 46.2 Å². The van der Waals surface area contributed by atoms with Crippen molar-refractivity contribution in [2.75, 3.05) is 48.6 Å². The molecule has 0 bridgehead atoms. The van der Waals surface area contributed by atoms with Crippen molar-refractivity contribution >= 4 is 42.9 Å². The summed E-state index contributed by atoms with van der Waals surface area (Å²) in [7, 11) is -7.88. The second-order valence-corrected chi connectivity index (χ2v) is 11.6. The molecule has 0 aliphatic carbocycles. The summed E-state index contributed by atoms with van der Waals surface area (Å²) in [4.78, 5) is 22.2. The molecule has 12 nitrogen and oxygen atoms in total. The highest BCUT2D eigenvalue weighted by Gasteiger charge is 2.22. The van der Waals surface area contributed by atoms with Crippen LogP contribution in [0.25, 0.3) is 0 Å². The quantitative estimate of drug-likeness (QED) is 0.260. The summed E-state index contributed by atoms with van der Waals surface area (Å²) in [5.74, 6) is -2.02. The van der Waals surface area contributed by atoms with E-state index in [0.717, 1.165) is 0 Å². The maximum absolute atomic E-state index is 12.6. The third kappa shape index (κ3) is 8.19. The van der Waals surface area contributed by atoms with Gasteiger partial charge in [0.25, 0.3) is 0 Å². The number of rotatable bonds is 13. The molecule has 2 aromatic carbocycles. The molecule has 0 spiro atoms. The summed E-state index contributed by atoms with van der Waals surface area (Å²) >= 11 is 0. The van der Waals surface area contributed by atoms with E-state index in [0.29, 0.717) is 0 Å². The van der Waals surface area contributed by atoms with E-state index in [2.05, 4.69) is 10.6 Å². The van der Waals surface area contributed by atoms with Crippen molar-refractivity contribution in [3.05, 3.63) is 36.4 Å². The van der Waals surface area contributed by atoms with Gasteiger partial charge in [0.15, 0.2) is 19.7 Å². The first-order chi connectivity index (χ1) is 16.9. The first-order valence-electron chi connectivity index (χ1n) is 10.7. The highest BCUT2D eigenvalue weighted by Crippen LogP contribution is 2.30. The first kappa shape index (κ1) is 29.0. The van der Waals surface area contributed by atoms with E-state index in [1.165, 1.54) is 50.2 Å². The Balaban J connectivity index is 2.23. The lowest BCUT2D eigenvalue weighted by Gasteiger charge is -2.16. The second-order valence-electron chi connectivity index (χ2n) is 7.47. The minimum absolute atomic E-state index is 0.0460. The molecule has 2 rings (SSSR count). The summed E-state index contributed by atoms with van der Waals surface area (Å²) in [6, 6.07) is 7.99. The molecule has 0 saturated heterocycles. The standard InChI is InChI=1S/C22H28N2O10S2/c1-15(27)23-17-3-5-19(21(13-17)35(29,30)11-7-25)33-9-10-34-20-6-4-18(24-16(2)28)14-22(20)36(31,32)12-8-26/h3-6,13-14,25-26H,7-12H2,1-2H3,(H,23,27)(H,24,28). The smallest absolute Gasteiger partial charge is 0.221 e. The van der Waals surface area contributed by atoms with Crippen LogP contribution in [0.5, 0.6) is 11.5 Å². The number of benzene rings is 2. The number of ether oxygens (including phenoxy) is 2. The van der Waals surface area contributed by atoms with Crippen LogP contribution in [0.2, 0.25) is 0 Å². The van der Waals surface area contributed by atoms with Crippen LogP contribution in [-0.2, 0) is 29.3 Å². The van der Waals surface area contributed by atoms with Crippen molar-refractivity contribution in [3.63, 3.8) is 0 Å². The molecule has 36 heavy (non-hydrogen) atoms. The number of carbonyl (C=O) groups excluding carboxylic acids is 2. The van der Waals surface area contributed by atoms with Crippen molar-refractivity contribution < 1.29 is 46.1 Å². The Morgan fingerprint density at radius 2 is 1.08 bits per heavy atom. The lowest BCUT2D eigenvalue weighted by Crippen LogP contribution is -2.17. The number of aliphatic hydroxyl groups is 2. The molecular weight excluding hydrogens is 516 g/mol. The largest absolute Gasteiger partial charge is 0.489 e. The molecule has 2 amide bonds. The molecule has 0 aliphatic heterocycles. The predicted octanol–water partition coefficient (Wildman–Crippen LogP) is 0.593. The van der Waals surface area contributed by atoms with Gasteiger partial charge in [-0.15, -0.1) is 0 Å². The van der Waals surface area contributed by atoms with E-state index < -0.39 is 56.2 Å². The van der Waals surface area contributed by atoms with Gasteiger partial charge in [0.1, 0.15) is 34.5 Å². The molecule has 14 heteroatoms. The fourth-order valence-electron chi connectivity index (χ4n) is 3.07. The van der Waals surface area contributed by atoms with Crippen LogP contribution >= 0.6 is 0 Å². The van der Waals surface area contributed by atoms with Crippen LogP contribution in [0.1, 0.15) is 13.8 Å². The van der Waals surface area contributed by atoms with E-state index in [1.54, 1.807) is 0 Å². The number of carbonyl (C=O) groups is 2. The molecule has 0 radical (unpaired) electrons. The molecule has 0 unspecified atom stereocenters. The minimum Gasteiger partial charge on any atom is -0.489 e. The van der Waals surface area contributed by atoms with Crippen molar-refractivity contribution in [2.24, 2.45) is 0 Å². The number of aliphatic hydroxyl groups excluding tert-OH is 2. The maximum Gasteiger partial charge on any atom is 0.221 e. The van der Waals surface area contributed by atoms with Gasteiger partial charge < -0.3 is 30.3 Å². The van der Waals surface area contributed by atoms with E-state index in [-0.39, 0.29) is 45.9 Å². The zero-order chi connectivity index (χ0) is 26.9. The highest BCUT2D eigenvalue weighted by molar-refractivity contribution is 7.91. The van der Waals surface area contributed by atoms with Gasteiger partial charge in [-0.3, -0.25) is 9.59 Å². The lowest BCUT2D eigenvalue weighted by molar-refractivity contribution is -0.115. The van der Waals surface area contributed by atoms with Crippen molar-refractivity contribution in [3.8, 4) is 11.5 Å². The molecule has 4 N–H and O–H groups in total. The SMILES string of the molecule is CC(=O)Nc1ccc(OCCOc2ccc(NC(C)=O)cc2S(=O)(=O)CCO)c(S(=O)(=O)CCO)c1. The average Bonchev–Trinajstić information content (AvgIpc) is 2.77. The molecule has 0 heterocycles. The Hall–Kier alpha value is -3.20. The zero-order valence-electron chi connectivity index (χ0n) is 19.7. The van der Waals surface area contributed by atoms with Gasteiger partial charge in [-0.25, -0.2) is 16.8 Å². The molecule has 0 atom stereocenters. The topological polar surface area (TPSA) is 185 Å². The van der Waals surface area contributed by atoms with E-state index in [9.17, 15) is 26.4 Å². The molecular formula is C22H28N2O10S2. The molecule has 198 valence electrons. The van der Waals surface area contributed by atoms with Gasteiger partial charge in [-0.05, 0) is 36.4 Å². The third-order valence-corrected chi connectivity index (χ3v) is 7.94. The second kappa shape index (κ2) is 12.7. The van der Waals surface area contributed by atoms with Crippen LogP contribution in [0.4, 0.5) is 11.4 Å². The van der Waals surface area contributed by atoms with Gasteiger partial charge in [-0.1, -0.05) is 0 Å². The van der Waals surface area contributed by atoms with Crippen molar-refractivity contribution in [1.29, 1.82) is 0 Å². The molecule has 0 aliphatic rings. The van der Waals surface area contributed by atoms with Gasteiger partial charge in [0.2, 0.25) is 11.8 Å². The third-order valence-electron chi connectivity index (χ3n) is 4.52. The highest BCUT2D eigenvalue weighted by atomic mass is 32.2. The normalized spacial score (nSPS) is 11.6. The Bertz CT molecular complexity index is 1210. The molecule has 2 aromatic rings. The molecule has 0 aromatic heterocycles. The van der Waals surface area contributed by atoms with E-state index in [1.807, 2.05) is 0 Å².